The number of hydrogen-bond acceptors (Lipinski definition) is 10. The Labute approximate surface area is 215 Å². The van der Waals surface area contributed by atoms with Gasteiger partial charge in [-0.3, -0.25) is 24.1 Å². The normalized spacial score (nSPS) is 19.1. The molecule has 15 nitrogen and oxygen atoms in total. The number of rotatable bonds is 6. The molecular weight excluding hydrogens is 506 g/mol. The van der Waals surface area contributed by atoms with Gasteiger partial charge < -0.3 is 30.7 Å². The van der Waals surface area contributed by atoms with Crippen LogP contribution < -0.4 is 10.6 Å². The second-order valence-electron chi connectivity index (χ2n) is 9.73. The second kappa shape index (κ2) is 9.33. The number of carbonyl (C=O) groups excluding carboxylic acids is 5. The number of nitrogens with zero attached hydrogens (tertiary/aromatic N) is 3. The molecule has 3 aliphatic heterocycles. The molecule has 0 aromatic heterocycles. The highest BCUT2D eigenvalue weighted by molar-refractivity contribution is 6.21. The van der Waals surface area contributed by atoms with E-state index in [0.717, 1.165) is 22.0 Å². The van der Waals surface area contributed by atoms with Crippen LogP contribution in [0.1, 0.15) is 41.5 Å². The average Bonchev–Trinajstić information content (AvgIpc) is 3.39. The lowest BCUT2D eigenvalue weighted by Crippen LogP contribution is -2.45. The quantitative estimate of drug-likeness (QED) is 0.225. The van der Waals surface area contributed by atoms with Crippen LogP contribution in [0, 0.1) is 0 Å². The van der Waals surface area contributed by atoms with Crippen molar-refractivity contribution in [1.29, 1.82) is 0 Å². The summed E-state index contributed by atoms with van der Waals surface area (Å²) in [5, 5.41) is 35.9. The SMILES string of the molecule is CC(C)(C)OC(=O)NC1CN2CC(C(=O)NCCN3C(=O)c4cc(O)c(O)cc4C3=O)=C(C(=O)O)N2C1=O. The summed E-state index contributed by atoms with van der Waals surface area (Å²) in [6, 6.07) is 0.849. The molecule has 5 amide bonds. The van der Waals surface area contributed by atoms with Gasteiger partial charge in [0.05, 0.1) is 23.2 Å². The van der Waals surface area contributed by atoms with Crippen LogP contribution in [0.2, 0.25) is 0 Å². The summed E-state index contributed by atoms with van der Waals surface area (Å²) < 4.78 is 5.13. The van der Waals surface area contributed by atoms with E-state index in [0.29, 0.717) is 0 Å². The first kappa shape index (κ1) is 26.4. The largest absolute Gasteiger partial charge is 0.504 e. The first-order valence-electron chi connectivity index (χ1n) is 11.4. The number of benzene rings is 1. The van der Waals surface area contributed by atoms with Crippen molar-refractivity contribution in [2.24, 2.45) is 0 Å². The van der Waals surface area contributed by atoms with Crippen LogP contribution in [0.5, 0.6) is 11.5 Å². The first-order chi connectivity index (χ1) is 17.7. The molecule has 1 saturated heterocycles. The molecule has 3 aliphatic rings. The number of amides is 5. The van der Waals surface area contributed by atoms with Crippen molar-refractivity contribution < 1.29 is 48.8 Å². The second-order valence-corrected chi connectivity index (χ2v) is 9.73. The Bertz CT molecular complexity index is 1270. The van der Waals surface area contributed by atoms with Crippen molar-refractivity contribution in [2.75, 3.05) is 26.2 Å². The van der Waals surface area contributed by atoms with Crippen molar-refractivity contribution in [1.82, 2.24) is 25.6 Å². The van der Waals surface area contributed by atoms with Gasteiger partial charge in [-0.15, -0.1) is 0 Å². The molecule has 38 heavy (non-hydrogen) atoms. The highest BCUT2D eigenvalue weighted by Crippen LogP contribution is 2.33. The van der Waals surface area contributed by atoms with Gasteiger partial charge in [-0.05, 0) is 32.9 Å². The number of alkyl carbamates (subject to hydrolysis) is 1. The monoisotopic (exact) mass is 531 g/mol. The topological polar surface area (TPSA) is 206 Å². The lowest BCUT2D eigenvalue weighted by Gasteiger charge is -2.21. The van der Waals surface area contributed by atoms with Crippen LogP contribution in [0.3, 0.4) is 0 Å². The zero-order chi connectivity index (χ0) is 28.1. The Morgan fingerprint density at radius 1 is 1.05 bits per heavy atom. The molecule has 4 rings (SSSR count). The van der Waals surface area contributed by atoms with E-state index in [1.54, 1.807) is 20.8 Å². The third-order valence-electron chi connectivity index (χ3n) is 5.88. The van der Waals surface area contributed by atoms with E-state index in [1.807, 2.05) is 0 Å². The molecule has 1 aromatic carbocycles. The maximum absolute atomic E-state index is 12.9. The Kier molecular flexibility index (Phi) is 6.48. The van der Waals surface area contributed by atoms with E-state index in [9.17, 15) is 44.1 Å². The van der Waals surface area contributed by atoms with Gasteiger partial charge in [-0.25, -0.2) is 19.6 Å². The summed E-state index contributed by atoms with van der Waals surface area (Å²) in [6.07, 6.45) is -0.851. The number of carboxylic acids is 1. The molecule has 0 radical (unpaired) electrons. The summed E-state index contributed by atoms with van der Waals surface area (Å²) >= 11 is 0. The fourth-order valence-corrected chi connectivity index (χ4v) is 4.29. The smallest absolute Gasteiger partial charge is 0.408 e. The summed E-state index contributed by atoms with van der Waals surface area (Å²) in [4.78, 5) is 75.5. The Hall–Kier alpha value is -4.66. The fourth-order valence-electron chi connectivity index (χ4n) is 4.29. The molecule has 5 N–H and O–H groups in total. The van der Waals surface area contributed by atoms with Crippen molar-refractivity contribution >= 4 is 35.7 Å². The molecule has 3 heterocycles. The zero-order valence-corrected chi connectivity index (χ0v) is 20.6. The highest BCUT2D eigenvalue weighted by Gasteiger charge is 2.49. The molecule has 1 atom stereocenters. The maximum atomic E-state index is 12.9. The van der Waals surface area contributed by atoms with Gasteiger partial charge in [0.1, 0.15) is 11.6 Å². The van der Waals surface area contributed by atoms with E-state index >= 15 is 0 Å². The molecule has 0 spiro atoms. The van der Waals surface area contributed by atoms with Gasteiger partial charge in [0, 0.05) is 19.6 Å². The maximum Gasteiger partial charge on any atom is 0.408 e. The van der Waals surface area contributed by atoms with Crippen LogP contribution >= 0.6 is 0 Å². The lowest BCUT2D eigenvalue weighted by molar-refractivity contribution is -0.143. The van der Waals surface area contributed by atoms with Crippen molar-refractivity contribution in [3.8, 4) is 11.5 Å². The van der Waals surface area contributed by atoms with Gasteiger partial charge in [0.15, 0.2) is 17.2 Å². The molecule has 0 bridgehead atoms. The van der Waals surface area contributed by atoms with Crippen molar-refractivity contribution in [3.63, 3.8) is 0 Å². The zero-order valence-electron chi connectivity index (χ0n) is 20.6. The molecule has 202 valence electrons. The number of phenols is 2. The van der Waals surface area contributed by atoms with Crippen molar-refractivity contribution in [3.05, 3.63) is 34.5 Å². The number of aromatic hydroxyl groups is 2. The van der Waals surface area contributed by atoms with E-state index < -0.39 is 64.5 Å². The minimum absolute atomic E-state index is 0.0969. The summed E-state index contributed by atoms with van der Waals surface area (Å²) in [5.74, 6) is -5.72. The molecule has 1 aromatic rings. The number of phenolic OH excluding ortho intramolecular Hbond substituents is 2. The standard InChI is InChI=1S/C23H25N5O10/c1-23(2,3)38-22(37)25-13-9-26-8-12(16(21(35)36)28(26)20(13)34)17(31)24-4-5-27-18(32)10-6-14(29)15(30)7-11(10)19(27)33/h6-7,13,29-30H,4-5,8-9H2,1-3H3,(H,24,31)(H,25,37)(H,35,36). The van der Waals surface area contributed by atoms with Crippen LogP contribution in [-0.4, -0.2) is 104 Å². The third kappa shape index (κ3) is 4.70. The van der Waals surface area contributed by atoms with Gasteiger partial charge in [-0.1, -0.05) is 0 Å². The number of imide groups is 1. The van der Waals surface area contributed by atoms with Gasteiger partial charge >= 0.3 is 12.1 Å². The summed E-state index contributed by atoms with van der Waals surface area (Å²) in [5.41, 5.74) is -1.82. The number of carbonyl (C=O) groups is 6. The van der Waals surface area contributed by atoms with Crippen LogP contribution in [0.4, 0.5) is 4.79 Å². The third-order valence-corrected chi connectivity index (χ3v) is 5.88. The minimum atomic E-state index is -1.54. The molecular formula is C23H25N5O10. The van der Waals surface area contributed by atoms with Crippen molar-refractivity contribution in [2.45, 2.75) is 32.4 Å². The van der Waals surface area contributed by atoms with E-state index in [1.165, 1.54) is 5.01 Å². The van der Waals surface area contributed by atoms with E-state index in [-0.39, 0.29) is 42.9 Å². The number of carboxylic acid groups (broad SMARTS) is 1. The predicted molar refractivity (Wildman–Crippen MR) is 124 cm³/mol. The van der Waals surface area contributed by atoms with Gasteiger partial charge in [0.25, 0.3) is 23.6 Å². The molecule has 0 aliphatic carbocycles. The van der Waals surface area contributed by atoms with Crippen LogP contribution in [0.25, 0.3) is 0 Å². The number of fused-ring (bicyclic) bond motifs is 2. The lowest BCUT2D eigenvalue weighted by atomic mass is 10.1. The molecule has 0 saturated carbocycles. The average molecular weight is 531 g/mol. The minimum Gasteiger partial charge on any atom is -0.504 e. The predicted octanol–water partition coefficient (Wildman–Crippen LogP) is -0.885. The van der Waals surface area contributed by atoms with Crippen LogP contribution in [0.15, 0.2) is 23.4 Å². The fraction of sp³-hybridized carbons (Fsp3) is 0.391. The summed E-state index contributed by atoms with van der Waals surface area (Å²) in [6.45, 7) is 4.08. The number of aliphatic carboxylic acids is 1. The number of nitrogens with one attached hydrogen (secondary N) is 2. The Morgan fingerprint density at radius 2 is 1.63 bits per heavy atom. The van der Waals surface area contributed by atoms with Gasteiger partial charge in [0.2, 0.25) is 0 Å². The summed E-state index contributed by atoms with van der Waals surface area (Å²) in [7, 11) is 0. The number of ether oxygens (including phenoxy) is 1. The Balaban J connectivity index is 1.41. The van der Waals surface area contributed by atoms with Crippen LogP contribution in [-0.2, 0) is 19.1 Å². The number of hydrogen-bond donors (Lipinski definition) is 5. The first-order valence-corrected chi connectivity index (χ1v) is 11.4. The molecule has 15 heteroatoms. The highest BCUT2D eigenvalue weighted by atomic mass is 16.6. The van der Waals surface area contributed by atoms with E-state index in [4.69, 9.17) is 4.74 Å². The Morgan fingerprint density at radius 3 is 2.16 bits per heavy atom. The van der Waals surface area contributed by atoms with E-state index in [2.05, 4.69) is 10.6 Å². The molecule has 1 unspecified atom stereocenters. The molecule has 1 fully saturated rings. The number of hydrazine groups is 1. The van der Waals surface area contributed by atoms with Gasteiger partial charge in [-0.2, -0.15) is 0 Å².